The second-order valence-electron chi connectivity index (χ2n) is 3.02. The van der Waals surface area contributed by atoms with Crippen molar-refractivity contribution >= 4 is 22.6 Å². The van der Waals surface area contributed by atoms with Crippen molar-refractivity contribution in [1.29, 1.82) is 0 Å². The van der Waals surface area contributed by atoms with Gasteiger partial charge in [-0.1, -0.05) is 29.7 Å². The lowest BCUT2D eigenvalue weighted by atomic mass is 10.2. The molecule has 78 valence electrons. The second-order valence-corrected chi connectivity index (χ2v) is 4.29. The summed E-state index contributed by atoms with van der Waals surface area (Å²) >= 11 is 1.30. The highest BCUT2D eigenvalue weighted by molar-refractivity contribution is 8.13. The second kappa shape index (κ2) is 6.15. The summed E-state index contributed by atoms with van der Waals surface area (Å²) in [5, 5.41) is 0.140. The van der Waals surface area contributed by atoms with Crippen LogP contribution < -0.4 is 5.73 Å². The van der Waals surface area contributed by atoms with Gasteiger partial charge in [0.05, 0.1) is 0 Å². The summed E-state index contributed by atoms with van der Waals surface area (Å²) in [6.07, 6.45) is 0.721. The van der Waals surface area contributed by atoms with E-state index in [4.69, 9.17) is 5.73 Å². The van der Waals surface area contributed by atoms with Crippen LogP contribution in [0.1, 0.15) is 18.9 Å². The van der Waals surface area contributed by atoms with Crippen molar-refractivity contribution in [1.82, 2.24) is 0 Å². The van der Waals surface area contributed by atoms with Gasteiger partial charge in [-0.2, -0.15) is 0 Å². The summed E-state index contributed by atoms with van der Waals surface area (Å²) in [4.78, 5) is 10.6. The molecule has 2 nitrogen and oxygen atoms in total. The zero-order valence-corrected chi connectivity index (χ0v) is 9.43. The summed E-state index contributed by atoms with van der Waals surface area (Å²) in [6, 6.07) is 7.47. The number of carbonyl (C=O) groups excluding carboxylic acids is 1. The fourth-order valence-corrected chi connectivity index (χ4v) is 1.52. The van der Waals surface area contributed by atoms with Gasteiger partial charge in [0.15, 0.2) is 5.12 Å². The molecule has 0 atom stereocenters. The van der Waals surface area contributed by atoms with E-state index < -0.39 is 0 Å². The van der Waals surface area contributed by atoms with Crippen molar-refractivity contribution in [2.45, 2.75) is 13.3 Å². The molecule has 0 saturated carbocycles. The SMILES string of the molecule is CC(=O)SCCC#Cc1cccc(N)c1. The topological polar surface area (TPSA) is 43.1 Å². The summed E-state index contributed by atoms with van der Waals surface area (Å²) in [6.45, 7) is 1.57. The summed E-state index contributed by atoms with van der Waals surface area (Å²) in [5.74, 6) is 6.76. The van der Waals surface area contributed by atoms with Gasteiger partial charge in [0.25, 0.3) is 0 Å². The zero-order valence-electron chi connectivity index (χ0n) is 8.62. The predicted molar refractivity (Wildman–Crippen MR) is 65.5 cm³/mol. The van der Waals surface area contributed by atoms with E-state index in [0.29, 0.717) is 0 Å². The number of thioether (sulfide) groups is 1. The highest BCUT2D eigenvalue weighted by atomic mass is 32.2. The molecule has 1 rings (SSSR count). The van der Waals surface area contributed by atoms with Crippen LogP contribution >= 0.6 is 11.8 Å². The van der Waals surface area contributed by atoms with Crippen LogP contribution in [-0.2, 0) is 4.79 Å². The molecule has 15 heavy (non-hydrogen) atoms. The van der Waals surface area contributed by atoms with Crippen LogP contribution in [0.25, 0.3) is 0 Å². The number of hydrogen-bond donors (Lipinski definition) is 1. The molecule has 0 aliphatic carbocycles. The number of nitrogens with two attached hydrogens (primary N) is 1. The van der Waals surface area contributed by atoms with Gasteiger partial charge in [-0.25, -0.2) is 0 Å². The molecule has 0 aliphatic heterocycles. The normalized spacial score (nSPS) is 9.13. The van der Waals surface area contributed by atoms with Crippen LogP contribution in [0.5, 0.6) is 0 Å². The largest absolute Gasteiger partial charge is 0.399 e. The van der Waals surface area contributed by atoms with Gasteiger partial charge in [0.1, 0.15) is 0 Å². The van der Waals surface area contributed by atoms with E-state index in [1.54, 1.807) is 6.92 Å². The lowest BCUT2D eigenvalue weighted by Crippen LogP contribution is -1.85. The van der Waals surface area contributed by atoms with Crippen molar-refractivity contribution in [2.75, 3.05) is 11.5 Å². The molecule has 0 fully saturated rings. The predicted octanol–water partition coefficient (Wildman–Crippen LogP) is 2.29. The van der Waals surface area contributed by atoms with Gasteiger partial charge >= 0.3 is 0 Å². The van der Waals surface area contributed by atoms with Crippen LogP contribution in [-0.4, -0.2) is 10.9 Å². The Morgan fingerprint density at radius 1 is 1.53 bits per heavy atom. The van der Waals surface area contributed by atoms with Crippen LogP contribution in [0.3, 0.4) is 0 Å². The molecule has 0 bridgehead atoms. The minimum Gasteiger partial charge on any atom is -0.399 e. The van der Waals surface area contributed by atoms with E-state index >= 15 is 0 Å². The van der Waals surface area contributed by atoms with Crippen LogP contribution in [0.2, 0.25) is 0 Å². The van der Waals surface area contributed by atoms with Crippen molar-refractivity contribution in [3.8, 4) is 11.8 Å². The molecular weight excluding hydrogens is 206 g/mol. The van der Waals surface area contributed by atoms with Gasteiger partial charge in [-0.3, -0.25) is 4.79 Å². The minimum absolute atomic E-state index is 0.140. The summed E-state index contributed by atoms with van der Waals surface area (Å²) in [5.41, 5.74) is 7.25. The minimum atomic E-state index is 0.140. The van der Waals surface area contributed by atoms with Crippen molar-refractivity contribution in [3.05, 3.63) is 29.8 Å². The van der Waals surface area contributed by atoms with Gasteiger partial charge < -0.3 is 5.73 Å². The van der Waals surface area contributed by atoms with Crippen molar-refractivity contribution in [2.24, 2.45) is 0 Å². The molecular formula is C12H13NOS. The molecule has 0 unspecified atom stereocenters. The first kappa shape index (κ1) is 11.7. The smallest absolute Gasteiger partial charge is 0.185 e. The van der Waals surface area contributed by atoms with Gasteiger partial charge in [-0.05, 0) is 18.2 Å². The molecule has 0 heterocycles. The van der Waals surface area contributed by atoms with E-state index in [-0.39, 0.29) is 5.12 Å². The molecule has 3 heteroatoms. The highest BCUT2D eigenvalue weighted by Crippen LogP contribution is 2.05. The first-order valence-corrected chi connectivity index (χ1v) is 5.65. The maximum Gasteiger partial charge on any atom is 0.185 e. The standard InChI is InChI=1S/C12H13NOS/c1-10(14)15-8-3-2-5-11-6-4-7-12(13)9-11/h4,6-7,9H,3,8,13H2,1H3. The number of carbonyl (C=O) groups is 1. The van der Waals surface area contributed by atoms with Gasteiger partial charge in [0, 0.05) is 30.3 Å². The monoisotopic (exact) mass is 219 g/mol. The molecule has 0 radical (unpaired) electrons. The summed E-state index contributed by atoms with van der Waals surface area (Å²) < 4.78 is 0. The molecule has 1 aromatic rings. The zero-order chi connectivity index (χ0) is 11.1. The Kier molecular flexibility index (Phi) is 4.79. The quantitative estimate of drug-likeness (QED) is 0.471. The maximum absolute atomic E-state index is 10.6. The van der Waals surface area contributed by atoms with E-state index in [1.807, 2.05) is 24.3 Å². The molecule has 0 aliphatic rings. The Hall–Kier alpha value is -1.40. The number of anilines is 1. The molecule has 0 spiro atoms. The lowest BCUT2D eigenvalue weighted by molar-refractivity contribution is -0.109. The van der Waals surface area contributed by atoms with Crippen molar-refractivity contribution < 1.29 is 4.79 Å². The first-order chi connectivity index (χ1) is 7.18. The molecule has 0 aromatic heterocycles. The Morgan fingerprint density at radius 2 is 2.33 bits per heavy atom. The van der Waals surface area contributed by atoms with Crippen molar-refractivity contribution in [3.63, 3.8) is 0 Å². The Morgan fingerprint density at radius 3 is 3.00 bits per heavy atom. The third-order valence-corrected chi connectivity index (χ3v) is 2.47. The Labute approximate surface area is 94.2 Å². The average Bonchev–Trinajstić information content (AvgIpc) is 2.17. The molecule has 1 aromatic carbocycles. The number of nitrogen functional groups attached to an aromatic ring is 1. The van der Waals surface area contributed by atoms with Gasteiger partial charge in [-0.15, -0.1) is 0 Å². The van der Waals surface area contributed by atoms with E-state index in [9.17, 15) is 4.79 Å². The Bertz CT molecular complexity index is 404. The molecule has 0 saturated heterocycles. The first-order valence-electron chi connectivity index (χ1n) is 4.66. The Balaban J connectivity index is 2.41. The maximum atomic E-state index is 10.6. The number of rotatable bonds is 2. The fraction of sp³-hybridized carbons (Fsp3) is 0.250. The average molecular weight is 219 g/mol. The van der Waals surface area contributed by atoms with E-state index in [1.165, 1.54) is 11.8 Å². The fourth-order valence-electron chi connectivity index (χ4n) is 1.03. The van der Waals surface area contributed by atoms with Crippen LogP contribution in [0.4, 0.5) is 5.69 Å². The van der Waals surface area contributed by atoms with E-state index in [2.05, 4.69) is 11.8 Å². The van der Waals surface area contributed by atoms with Crippen LogP contribution in [0.15, 0.2) is 24.3 Å². The van der Waals surface area contributed by atoms with Gasteiger partial charge in [0.2, 0.25) is 0 Å². The lowest BCUT2D eigenvalue weighted by Gasteiger charge is -1.92. The molecule has 0 amide bonds. The van der Waals surface area contributed by atoms with E-state index in [0.717, 1.165) is 23.4 Å². The molecule has 2 N–H and O–H groups in total. The third kappa shape index (κ3) is 5.14. The highest BCUT2D eigenvalue weighted by Gasteiger charge is 1.91. The third-order valence-electron chi connectivity index (χ3n) is 1.65. The number of hydrogen-bond acceptors (Lipinski definition) is 3. The summed E-state index contributed by atoms with van der Waals surface area (Å²) in [7, 11) is 0. The number of benzene rings is 1. The van der Waals surface area contributed by atoms with Crippen LogP contribution in [0, 0.1) is 11.8 Å².